The van der Waals surface area contributed by atoms with Crippen LogP contribution < -0.4 is 0 Å². The lowest BCUT2D eigenvalue weighted by atomic mass is 10.1. The third-order valence-corrected chi connectivity index (χ3v) is 6.39. The number of nitro benzene ring substituents is 2. The Hall–Kier alpha value is -3.32. The third kappa shape index (κ3) is 2.41. The zero-order valence-electron chi connectivity index (χ0n) is 12.8. The maximum atomic E-state index is 11.1. The number of hydrogen-bond acceptors (Lipinski definition) is 4. The van der Waals surface area contributed by atoms with Crippen LogP contribution in [0.4, 0.5) is 11.4 Å². The lowest BCUT2D eigenvalue weighted by molar-refractivity contribution is -0.385. The minimum Gasteiger partial charge on any atom is -0.258 e. The zero-order chi connectivity index (χ0) is 17.6. The largest absolute Gasteiger partial charge is 0.270 e. The van der Waals surface area contributed by atoms with Crippen LogP contribution in [-0.2, 0) is 0 Å². The summed E-state index contributed by atoms with van der Waals surface area (Å²) in [5.74, 6) is 0. The molecular formula is C18H11N2O4S+. The molecule has 0 unspecified atom stereocenters. The highest BCUT2D eigenvalue weighted by Gasteiger charge is 2.26. The number of nitro groups is 2. The minimum absolute atomic E-state index is 0.0188. The van der Waals surface area contributed by atoms with Crippen LogP contribution in [0, 0.1) is 20.2 Å². The Morgan fingerprint density at radius 3 is 1.60 bits per heavy atom. The smallest absolute Gasteiger partial charge is 0.258 e. The summed E-state index contributed by atoms with van der Waals surface area (Å²) in [7, 11) is -0.429. The van der Waals surface area contributed by atoms with Crippen LogP contribution in [0.3, 0.4) is 0 Å². The number of non-ortho nitro benzene ring substituents is 2. The van der Waals surface area contributed by atoms with Gasteiger partial charge in [0.2, 0.25) is 0 Å². The van der Waals surface area contributed by atoms with Gasteiger partial charge in [0.05, 0.1) is 20.6 Å². The normalized spacial score (nSPS) is 11.0. The molecule has 25 heavy (non-hydrogen) atoms. The molecule has 0 saturated heterocycles. The van der Waals surface area contributed by atoms with Gasteiger partial charge >= 0.3 is 0 Å². The average molecular weight is 351 g/mol. The highest BCUT2D eigenvalue weighted by atomic mass is 32.2. The first-order chi connectivity index (χ1) is 12.1. The Morgan fingerprint density at radius 1 is 0.680 bits per heavy atom. The Labute approximate surface area is 144 Å². The number of nitrogens with zero attached hydrogens (tertiary/aromatic N) is 2. The molecule has 0 aliphatic heterocycles. The van der Waals surface area contributed by atoms with Crippen molar-refractivity contribution in [3.8, 4) is 4.90 Å². The van der Waals surface area contributed by atoms with Crippen LogP contribution in [0.15, 0.2) is 66.7 Å². The molecular weight excluding hydrogens is 340 g/mol. The predicted molar refractivity (Wildman–Crippen MR) is 98.6 cm³/mol. The second-order valence-corrected chi connectivity index (χ2v) is 7.46. The van der Waals surface area contributed by atoms with Crippen LogP contribution in [0.2, 0.25) is 0 Å². The van der Waals surface area contributed by atoms with Crippen molar-refractivity contribution in [2.45, 2.75) is 0 Å². The molecule has 0 N–H and O–H groups in total. The summed E-state index contributed by atoms with van der Waals surface area (Å²) in [5.41, 5.74) is -0.0376. The Morgan fingerprint density at radius 2 is 1.16 bits per heavy atom. The van der Waals surface area contributed by atoms with Gasteiger partial charge in [-0.05, 0) is 12.1 Å². The summed E-state index contributed by atoms with van der Waals surface area (Å²) in [4.78, 5) is 22.5. The fourth-order valence-electron chi connectivity index (χ4n) is 2.97. The molecule has 0 amide bonds. The van der Waals surface area contributed by atoms with Crippen LogP contribution in [0.25, 0.3) is 25.1 Å². The molecule has 0 bridgehead atoms. The average Bonchev–Trinajstić information content (AvgIpc) is 2.95. The zero-order valence-corrected chi connectivity index (χ0v) is 13.6. The van der Waals surface area contributed by atoms with E-state index in [9.17, 15) is 20.2 Å². The van der Waals surface area contributed by atoms with Gasteiger partial charge in [0, 0.05) is 46.9 Å². The highest BCUT2D eigenvalue weighted by Crippen LogP contribution is 2.49. The van der Waals surface area contributed by atoms with Gasteiger partial charge in [0.1, 0.15) is 0 Å². The van der Waals surface area contributed by atoms with Gasteiger partial charge in [0.25, 0.3) is 11.4 Å². The lowest BCUT2D eigenvalue weighted by Gasteiger charge is -1.93. The van der Waals surface area contributed by atoms with E-state index in [0.717, 1.165) is 14.3 Å². The molecule has 7 heteroatoms. The fraction of sp³-hybridized carbons (Fsp3) is 0. The predicted octanol–water partition coefficient (Wildman–Crippen LogP) is 5.55. The second kappa shape index (κ2) is 5.64. The van der Waals surface area contributed by atoms with Crippen LogP contribution in [0.5, 0.6) is 0 Å². The molecule has 0 spiro atoms. The number of benzene rings is 3. The number of hydrogen-bond donors (Lipinski definition) is 0. The van der Waals surface area contributed by atoms with E-state index in [0.29, 0.717) is 10.8 Å². The van der Waals surface area contributed by atoms with Gasteiger partial charge in [-0.25, -0.2) is 0 Å². The van der Waals surface area contributed by atoms with Gasteiger partial charge in [0.15, 0.2) is 14.3 Å². The standard InChI is InChI=1S/C18H11N2O4S/c21-19(22)12-6-8-17-15(10-12)16-11-13(20(23)24)7-9-18(16)25(17)14-4-2-1-3-5-14/h1-11H/q+1. The first-order valence-corrected chi connectivity index (χ1v) is 8.65. The molecule has 1 heterocycles. The second-order valence-electron chi connectivity index (χ2n) is 5.49. The van der Waals surface area contributed by atoms with Crippen molar-refractivity contribution in [3.63, 3.8) is 0 Å². The summed E-state index contributed by atoms with van der Waals surface area (Å²) in [6, 6.07) is 19.3. The third-order valence-electron chi connectivity index (χ3n) is 4.06. The molecule has 3 aromatic carbocycles. The first kappa shape index (κ1) is 15.2. The molecule has 0 radical (unpaired) electrons. The summed E-state index contributed by atoms with van der Waals surface area (Å²) >= 11 is 0. The Balaban J connectivity index is 2.16. The molecule has 122 valence electrons. The van der Waals surface area contributed by atoms with Gasteiger partial charge in [-0.15, -0.1) is 0 Å². The summed E-state index contributed by atoms with van der Waals surface area (Å²) in [5, 5.41) is 23.7. The molecule has 0 atom stereocenters. The molecule has 4 rings (SSSR count). The van der Waals surface area contributed by atoms with Gasteiger partial charge in [-0.2, -0.15) is 0 Å². The van der Waals surface area contributed by atoms with E-state index in [1.54, 1.807) is 12.1 Å². The van der Waals surface area contributed by atoms with E-state index in [4.69, 9.17) is 0 Å². The maximum Gasteiger partial charge on any atom is 0.270 e. The van der Waals surface area contributed by atoms with Crippen molar-refractivity contribution < 1.29 is 9.85 Å². The van der Waals surface area contributed by atoms with E-state index in [2.05, 4.69) is 0 Å². The van der Waals surface area contributed by atoms with Gasteiger partial charge < -0.3 is 0 Å². The van der Waals surface area contributed by atoms with Crippen molar-refractivity contribution in [2.24, 2.45) is 0 Å². The van der Waals surface area contributed by atoms with Gasteiger partial charge in [-0.3, -0.25) is 20.2 Å². The molecule has 4 aromatic rings. The number of thiophene rings is 1. The first-order valence-electron chi connectivity index (χ1n) is 7.43. The summed E-state index contributed by atoms with van der Waals surface area (Å²) < 4.78 is 1.90. The maximum absolute atomic E-state index is 11.1. The molecule has 0 fully saturated rings. The molecule has 1 aromatic heterocycles. The van der Waals surface area contributed by atoms with Crippen molar-refractivity contribution in [1.29, 1.82) is 0 Å². The van der Waals surface area contributed by atoms with Crippen molar-refractivity contribution in [2.75, 3.05) is 0 Å². The Kier molecular flexibility index (Phi) is 3.43. The van der Waals surface area contributed by atoms with E-state index < -0.39 is 20.3 Å². The topological polar surface area (TPSA) is 86.3 Å². The summed E-state index contributed by atoms with van der Waals surface area (Å²) in [6.45, 7) is 0. The number of rotatable bonds is 3. The quantitative estimate of drug-likeness (QED) is 0.275. The monoisotopic (exact) mass is 351 g/mol. The lowest BCUT2D eigenvalue weighted by Crippen LogP contribution is -1.87. The molecule has 0 aliphatic rings. The molecule has 0 saturated carbocycles. The van der Waals surface area contributed by atoms with Crippen LogP contribution >= 0.6 is 10.5 Å². The highest BCUT2D eigenvalue weighted by molar-refractivity contribution is 7.50. The SMILES string of the molecule is O=[N+]([O-])c1ccc2c(c1)c1cc([N+](=O)[O-])ccc1[s+]2-c1ccccc1. The fourth-order valence-corrected chi connectivity index (χ4v) is 5.33. The van der Waals surface area contributed by atoms with Crippen LogP contribution in [0.1, 0.15) is 0 Å². The van der Waals surface area contributed by atoms with Crippen molar-refractivity contribution in [3.05, 3.63) is 87.0 Å². The van der Waals surface area contributed by atoms with Crippen LogP contribution in [-0.4, -0.2) is 9.85 Å². The molecule has 6 nitrogen and oxygen atoms in total. The van der Waals surface area contributed by atoms with E-state index in [1.165, 1.54) is 24.3 Å². The minimum atomic E-state index is -0.448. The summed E-state index contributed by atoms with van der Waals surface area (Å²) in [6.07, 6.45) is 0. The Bertz CT molecular complexity index is 1080. The van der Waals surface area contributed by atoms with Crippen molar-refractivity contribution in [1.82, 2.24) is 0 Å². The van der Waals surface area contributed by atoms with E-state index in [1.807, 2.05) is 30.3 Å². The van der Waals surface area contributed by atoms with Crippen molar-refractivity contribution >= 4 is 42.0 Å². The molecule has 0 aliphatic carbocycles. The van der Waals surface area contributed by atoms with E-state index in [-0.39, 0.29) is 11.4 Å². The van der Waals surface area contributed by atoms with E-state index >= 15 is 0 Å². The van der Waals surface area contributed by atoms with Gasteiger partial charge in [-0.1, -0.05) is 18.2 Å². The number of fused-ring (bicyclic) bond motifs is 3.